The van der Waals surface area contributed by atoms with Crippen molar-refractivity contribution in [1.29, 1.82) is 0 Å². The van der Waals surface area contributed by atoms with Crippen molar-refractivity contribution in [1.82, 2.24) is 9.97 Å². The van der Waals surface area contributed by atoms with Crippen LogP contribution in [-0.2, 0) is 18.8 Å². The molecule has 0 saturated carbocycles. The average Bonchev–Trinajstić information content (AvgIpc) is 3.16. The zero-order valence-corrected chi connectivity index (χ0v) is 18.0. The third kappa shape index (κ3) is 5.62. The predicted octanol–water partition coefficient (Wildman–Crippen LogP) is 4.41. The molecule has 0 fully saturated rings. The molecule has 0 spiro atoms. The van der Waals surface area contributed by atoms with Crippen molar-refractivity contribution in [3.63, 3.8) is 0 Å². The molecule has 3 aromatic rings. The van der Waals surface area contributed by atoms with Crippen LogP contribution in [0, 0.1) is 6.92 Å². The van der Waals surface area contributed by atoms with E-state index < -0.39 is 10.4 Å². The van der Waals surface area contributed by atoms with Gasteiger partial charge in [0, 0.05) is 18.8 Å². The zero-order valence-electron chi connectivity index (χ0n) is 17.2. The number of aromatic amines is 1. The van der Waals surface area contributed by atoms with E-state index in [1.165, 1.54) is 0 Å². The monoisotopic (exact) mass is 431 g/mol. The minimum atomic E-state index is -3.89. The van der Waals surface area contributed by atoms with Crippen LogP contribution in [0.4, 0.5) is 17.3 Å². The van der Waals surface area contributed by atoms with Gasteiger partial charge in [-0.3, -0.25) is 4.18 Å². The standard InChI is InChI=1S/C20H25N5O4S/c1-4-25(12-7-13-29-30(26,27)28-3)16-10-11-17(15(2)14-16)23-24-20-21-18-8-5-6-9-19(18)22-20/h5-6,8-11,14H,4,7,12-13H2,1-3H3,(H,21,22). The number of hydrogen-bond donors (Lipinski definition) is 1. The third-order valence-electron chi connectivity index (χ3n) is 4.56. The van der Waals surface area contributed by atoms with Crippen LogP contribution in [0.2, 0.25) is 0 Å². The molecule has 160 valence electrons. The second-order valence-corrected chi connectivity index (χ2v) is 7.96. The Morgan fingerprint density at radius 1 is 1.17 bits per heavy atom. The maximum atomic E-state index is 11.2. The molecule has 30 heavy (non-hydrogen) atoms. The van der Waals surface area contributed by atoms with Gasteiger partial charge >= 0.3 is 10.4 Å². The molecule has 1 aromatic heterocycles. The van der Waals surface area contributed by atoms with E-state index in [4.69, 9.17) is 4.18 Å². The van der Waals surface area contributed by atoms with Gasteiger partial charge in [0.15, 0.2) is 0 Å². The molecule has 0 atom stereocenters. The minimum Gasteiger partial charge on any atom is -0.372 e. The van der Waals surface area contributed by atoms with Crippen molar-refractivity contribution in [2.24, 2.45) is 10.2 Å². The number of rotatable bonds is 10. The lowest BCUT2D eigenvalue weighted by Gasteiger charge is -2.23. The number of azo groups is 1. The highest BCUT2D eigenvalue weighted by molar-refractivity contribution is 7.81. The van der Waals surface area contributed by atoms with Crippen LogP contribution in [0.3, 0.4) is 0 Å². The zero-order chi connectivity index (χ0) is 21.6. The molecule has 1 N–H and O–H groups in total. The summed E-state index contributed by atoms with van der Waals surface area (Å²) in [5.74, 6) is 0.459. The number of hydrogen-bond acceptors (Lipinski definition) is 8. The largest absolute Gasteiger partial charge is 0.399 e. The van der Waals surface area contributed by atoms with Gasteiger partial charge in [0.25, 0.3) is 0 Å². The summed E-state index contributed by atoms with van der Waals surface area (Å²) in [5, 5.41) is 8.54. The van der Waals surface area contributed by atoms with Gasteiger partial charge in [0.1, 0.15) is 0 Å². The van der Waals surface area contributed by atoms with E-state index in [1.807, 2.05) is 56.3 Å². The smallest absolute Gasteiger partial charge is 0.372 e. The van der Waals surface area contributed by atoms with Crippen molar-refractivity contribution in [2.75, 3.05) is 31.7 Å². The molecule has 1 heterocycles. The van der Waals surface area contributed by atoms with Crippen LogP contribution in [-0.4, -0.2) is 45.2 Å². The van der Waals surface area contributed by atoms with Crippen molar-refractivity contribution in [2.45, 2.75) is 20.3 Å². The number of imidazole rings is 1. The van der Waals surface area contributed by atoms with Gasteiger partial charge in [0.2, 0.25) is 5.95 Å². The Labute approximate surface area is 176 Å². The molecule has 9 nitrogen and oxygen atoms in total. The SMILES string of the molecule is CCN(CCCOS(=O)(=O)OC)c1ccc(N=Nc2nc3ccccc3[nH]2)c(C)c1. The first kappa shape index (κ1) is 21.9. The number of fused-ring (bicyclic) bond motifs is 1. The summed E-state index contributed by atoms with van der Waals surface area (Å²) < 4.78 is 31.4. The Bertz CT molecular complexity index is 1090. The Kier molecular flexibility index (Phi) is 7.14. The number of benzene rings is 2. The highest BCUT2D eigenvalue weighted by atomic mass is 32.3. The van der Waals surface area contributed by atoms with E-state index in [0.717, 1.165) is 41.6 Å². The minimum absolute atomic E-state index is 0.0649. The maximum absolute atomic E-state index is 11.2. The maximum Gasteiger partial charge on any atom is 0.399 e. The van der Waals surface area contributed by atoms with E-state index in [2.05, 4.69) is 29.3 Å². The van der Waals surface area contributed by atoms with E-state index in [-0.39, 0.29) is 6.61 Å². The van der Waals surface area contributed by atoms with Gasteiger partial charge in [-0.15, -0.1) is 10.2 Å². The second-order valence-electron chi connectivity index (χ2n) is 6.58. The van der Waals surface area contributed by atoms with Crippen molar-refractivity contribution in [3.8, 4) is 0 Å². The molecule has 0 aliphatic carbocycles. The molecule has 0 aliphatic rings. The summed E-state index contributed by atoms with van der Waals surface area (Å²) in [6.45, 7) is 5.50. The van der Waals surface area contributed by atoms with Crippen molar-refractivity contribution < 1.29 is 16.8 Å². The van der Waals surface area contributed by atoms with Crippen LogP contribution < -0.4 is 4.90 Å². The summed E-state index contributed by atoms with van der Waals surface area (Å²) in [4.78, 5) is 9.65. The highest BCUT2D eigenvalue weighted by Crippen LogP contribution is 2.27. The van der Waals surface area contributed by atoms with Gasteiger partial charge in [0.05, 0.1) is 30.4 Å². The number of aromatic nitrogens is 2. The number of H-pyrrole nitrogens is 1. The van der Waals surface area contributed by atoms with Crippen LogP contribution >= 0.6 is 0 Å². The third-order valence-corrected chi connectivity index (χ3v) is 5.42. The Hall–Kier alpha value is -2.82. The Morgan fingerprint density at radius 3 is 2.67 bits per heavy atom. The first-order valence-corrected chi connectivity index (χ1v) is 10.9. The van der Waals surface area contributed by atoms with Gasteiger partial charge < -0.3 is 9.88 Å². The molecule has 0 bridgehead atoms. The lowest BCUT2D eigenvalue weighted by Crippen LogP contribution is -2.25. The van der Waals surface area contributed by atoms with Crippen molar-refractivity contribution in [3.05, 3.63) is 48.0 Å². The van der Waals surface area contributed by atoms with Crippen molar-refractivity contribution >= 4 is 38.8 Å². The molecule has 0 amide bonds. The fraction of sp³-hybridized carbons (Fsp3) is 0.350. The molecular weight excluding hydrogens is 406 g/mol. The summed E-state index contributed by atoms with van der Waals surface area (Å²) >= 11 is 0. The number of nitrogens with zero attached hydrogens (tertiary/aromatic N) is 4. The molecule has 3 rings (SSSR count). The Balaban J connectivity index is 1.64. The van der Waals surface area contributed by atoms with Crippen LogP contribution in [0.25, 0.3) is 11.0 Å². The fourth-order valence-electron chi connectivity index (χ4n) is 2.97. The highest BCUT2D eigenvalue weighted by Gasteiger charge is 2.10. The number of aryl methyl sites for hydroxylation is 1. The normalized spacial score (nSPS) is 12.1. The van der Waals surface area contributed by atoms with E-state index in [1.54, 1.807) is 0 Å². The molecule has 0 radical (unpaired) electrons. The fourth-order valence-corrected chi connectivity index (χ4v) is 3.39. The second kappa shape index (κ2) is 9.79. The van der Waals surface area contributed by atoms with E-state index >= 15 is 0 Å². The lowest BCUT2D eigenvalue weighted by atomic mass is 10.1. The molecule has 10 heteroatoms. The van der Waals surface area contributed by atoms with Gasteiger partial charge in [-0.1, -0.05) is 12.1 Å². The number of nitrogens with one attached hydrogen (secondary N) is 1. The topological polar surface area (TPSA) is 109 Å². The quantitative estimate of drug-likeness (QED) is 0.376. The Morgan fingerprint density at radius 2 is 1.97 bits per heavy atom. The number of anilines is 1. The number of para-hydroxylation sites is 2. The molecule has 0 unspecified atom stereocenters. The van der Waals surface area contributed by atoms with Gasteiger partial charge in [-0.05, 0) is 56.2 Å². The molecule has 0 aliphatic heterocycles. The molecular formula is C20H25N5O4S. The van der Waals surface area contributed by atoms with E-state index in [9.17, 15) is 8.42 Å². The molecule has 2 aromatic carbocycles. The summed E-state index contributed by atoms with van der Waals surface area (Å²) in [6.07, 6.45) is 0.545. The lowest BCUT2D eigenvalue weighted by molar-refractivity contribution is 0.241. The van der Waals surface area contributed by atoms with Gasteiger partial charge in [-0.25, -0.2) is 9.17 Å². The van der Waals surface area contributed by atoms with Crippen LogP contribution in [0.5, 0.6) is 0 Å². The first-order valence-electron chi connectivity index (χ1n) is 9.59. The van der Waals surface area contributed by atoms with E-state index in [0.29, 0.717) is 18.9 Å². The van der Waals surface area contributed by atoms with Crippen LogP contribution in [0.15, 0.2) is 52.7 Å². The molecule has 0 saturated heterocycles. The summed E-state index contributed by atoms with van der Waals surface area (Å²) in [7, 11) is -2.82. The predicted molar refractivity (Wildman–Crippen MR) is 116 cm³/mol. The van der Waals surface area contributed by atoms with Gasteiger partial charge in [-0.2, -0.15) is 8.42 Å². The first-order chi connectivity index (χ1) is 14.4. The average molecular weight is 432 g/mol. The summed E-state index contributed by atoms with van der Waals surface area (Å²) in [6, 6.07) is 13.6. The summed E-state index contributed by atoms with van der Waals surface area (Å²) in [5.41, 5.74) is 4.51. The van der Waals surface area contributed by atoms with Crippen LogP contribution in [0.1, 0.15) is 18.9 Å².